The molecule has 0 amide bonds. The lowest BCUT2D eigenvalue weighted by Crippen LogP contribution is -2.07. The fraction of sp³-hybridized carbons (Fsp3) is 0.500. The van der Waals surface area contributed by atoms with Gasteiger partial charge in [0.05, 0.1) is 11.4 Å². The molecule has 0 N–H and O–H groups in total. The molecule has 2 rings (SSSR count). The Kier molecular flexibility index (Phi) is 5.68. The van der Waals surface area contributed by atoms with Crippen LogP contribution in [0.2, 0.25) is 0 Å². The van der Waals surface area contributed by atoms with E-state index < -0.39 is 0 Å². The molecule has 0 atom stereocenters. The molecule has 3 nitrogen and oxygen atoms in total. The molecule has 0 aliphatic carbocycles. The second-order valence-corrected chi connectivity index (χ2v) is 6.72. The first-order chi connectivity index (χ1) is 11.3. The first-order valence-corrected chi connectivity index (χ1v) is 8.77. The number of hydrogen-bond donors (Lipinski definition) is 0. The van der Waals surface area contributed by atoms with Crippen molar-refractivity contribution >= 4 is 24.6 Å². The van der Waals surface area contributed by atoms with Gasteiger partial charge >= 0.3 is 0 Å². The number of allylic oxidation sites excluding steroid dienone is 4. The molecule has 0 saturated heterocycles. The minimum Gasteiger partial charge on any atom is -0.328 e. The topological polar surface area (TPSA) is 30.7 Å². The Morgan fingerprint density at radius 2 is 1.79 bits per heavy atom. The molecule has 0 aliphatic rings. The van der Waals surface area contributed by atoms with Crippen LogP contribution in [0.4, 0.5) is 0 Å². The Labute approximate surface area is 147 Å². The molecule has 24 heavy (non-hydrogen) atoms. The van der Waals surface area contributed by atoms with Gasteiger partial charge in [-0.05, 0) is 57.2 Å². The second-order valence-electron chi connectivity index (χ2n) is 6.72. The van der Waals surface area contributed by atoms with Crippen LogP contribution in [0.3, 0.4) is 0 Å². The molecule has 0 aliphatic heterocycles. The van der Waals surface area contributed by atoms with E-state index in [1.165, 1.54) is 5.56 Å². The zero-order valence-electron chi connectivity index (χ0n) is 16.1. The molecule has 0 unspecified atom stereocenters. The Morgan fingerprint density at radius 1 is 1.17 bits per heavy atom. The fourth-order valence-corrected chi connectivity index (χ4v) is 3.24. The van der Waals surface area contributed by atoms with E-state index in [0.29, 0.717) is 6.04 Å². The van der Waals surface area contributed by atoms with Crippen LogP contribution in [-0.4, -0.2) is 22.4 Å². The van der Waals surface area contributed by atoms with Crippen molar-refractivity contribution in [2.45, 2.75) is 67.3 Å². The first-order valence-electron chi connectivity index (χ1n) is 8.77. The van der Waals surface area contributed by atoms with Gasteiger partial charge in [-0.3, -0.25) is 0 Å². The summed E-state index contributed by atoms with van der Waals surface area (Å²) in [5.74, 6) is 0. The zero-order chi connectivity index (χ0) is 18.0. The number of aromatic nitrogens is 3. The van der Waals surface area contributed by atoms with E-state index in [9.17, 15) is 0 Å². The number of aryl methyl sites for hydroxylation is 2. The third-order valence-electron chi connectivity index (χ3n) is 4.73. The van der Waals surface area contributed by atoms with Crippen LogP contribution in [0.15, 0.2) is 23.3 Å². The van der Waals surface area contributed by atoms with E-state index in [0.717, 1.165) is 52.0 Å². The summed E-state index contributed by atoms with van der Waals surface area (Å²) < 4.78 is 2.30. The molecule has 0 bridgehead atoms. The van der Waals surface area contributed by atoms with Crippen LogP contribution < -0.4 is 0 Å². The number of nitrogens with zero attached hydrogens (tertiary/aromatic N) is 3. The van der Waals surface area contributed by atoms with Crippen molar-refractivity contribution < 1.29 is 0 Å². The lowest BCUT2D eigenvalue weighted by molar-refractivity contribution is 0.482. The molecule has 0 saturated carbocycles. The minimum absolute atomic E-state index is 0.474. The van der Waals surface area contributed by atoms with Crippen LogP contribution in [0.25, 0.3) is 16.7 Å². The zero-order valence-corrected chi connectivity index (χ0v) is 16.1. The van der Waals surface area contributed by atoms with Crippen LogP contribution in [-0.2, 0) is 0 Å². The Morgan fingerprint density at radius 3 is 2.33 bits per heavy atom. The van der Waals surface area contributed by atoms with Gasteiger partial charge in [0, 0.05) is 12.2 Å². The van der Waals surface area contributed by atoms with E-state index in [1.807, 2.05) is 19.9 Å². The average molecular weight is 321 g/mol. The summed E-state index contributed by atoms with van der Waals surface area (Å²) in [7, 11) is 5.82. The molecular weight excluding hydrogens is 293 g/mol. The minimum atomic E-state index is 0.474. The van der Waals surface area contributed by atoms with Crippen molar-refractivity contribution in [1.82, 2.24) is 14.5 Å². The van der Waals surface area contributed by atoms with Gasteiger partial charge in [-0.1, -0.05) is 26.8 Å². The van der Waals surface area contributed by atoms with Gasteiger partial charge < -0.3 is 4.57 Å². The maximum absolute atomic E-state index is 5.82. The van der Waals surface area contributed by atoms with E-state index in [4.69, 9.17) is 17.8 Å². The Bertz CT molecular complexity index is 804. The van der Waals surface area contributed by atoms with Gasteiger partial charge in [-0.25, -0.2) is 9.97 Å². The molecular formula is C20H28BN3. The summed E-state index contributed by atoms with van der Waals surface area (Å²) in [6, 6.07) is 0.474. The SMILES string of the molecule is [B]/C(C)=C/C(C)=C(\C)c1nc2c(C)cn(C(CC)CC)c2nc1C. The normalized spacial score (nSPS) is 13.8. The largest absolute Gasteiger partial charge is 0.328 e. The molecule has 0 aromatic carbocycles. The summed E-state index contributed by atoms with van der Waals surface area (Å²) in [6.45, 7) is 14.7. The second kappa shape index (κ2) is 7.37. The van der Waals surface area contributed by atoms with Crippen molar-refractivity contribution in [3.63, 3.8) is 0 Å². The lowest BCUT2D eigenvalue weighted by atomic mass is 9.94. The molecule has 4 heteroatoms. The molecule has 2 radical (unpaired) electrons. The summed E-state index contributed by atoms with van der Waals surface area (Å²) >= 11 is 0. The number of rotatable bonds is 5. The molecule has 2 aromatic rings. The van der Waals surface area contributed by atoms with Crippen LogP contribution in [0.5, 0.6) is 0 Å². The summed E-state index contributed by atoms with van der Waals surface area (Å²) in [6.07, 6.45) is 6.38. The monoisotopic (exact) mass is 321 g/mol. The van der Waals surface area contributed by atoms with Crippen LogP contribution >= 0.6 is 0 Å². The smallest absolute Gasteiger partial charge is 0.159 e. The van der Waals surface area contributed by atoms with E-state index in [2.05, 4.69) is 45.4 Å². The van der Waals surface area contributed by atoms with Crippen molar-refractivity contribution in [3.8, 4) is 0 Å². The summed E-state index contributed by atoms with van der Waals surface area (Å²) in [5, 5.41) is 0. The van der Waals surface area contributed by atoms with E-state index in [1.54, 1.807) is 0 Å². The fourth-order valence-electron chi connectivity index (χ4n) is 3.24. The highest BCUT2D eigenvalue weighted by molar-refractivity contribution is 6.21. The number of hydrogen-bond acceptors (Lipinski definition) is 2. The van der Waals surface area contributed by atoms with Gasteiger partial charge in [0.25, 0.3) is 0 Å². The Hall–Kier alpha value is -1.84. The average Bonchev–Trinajstić information content (AvgIpc) is 2.83. The summed E-state index contributed by atoms with van der Waals surface area (Å²) in [4.78, 5) is 9.87. The van der Waals surface area contributed by atoms with Gasteiger partial charge in [-0.2, -0.15) is 0 Å². The molecule has 0 spiro atoms. The number of fused-ring (bicyclic) bond motifs is 1. The van der Waals surface area contributed by atoms with Gasteiger partial charge in [-0.15, -0.1) is 5.47 Å². The first kappa shape index (κ1) is 18.5. The van der Waals surface area contributed by atoms with Gasteiger partial charge in [0.1, 0.15) is 13.4 Å². The highest BCUT2D eigenvalue weighted by Crippen LogP contribution is 2.28. The van der Waals surface area contributed by atoms with Gasteiger partial charge in [0.2, 0.25) is 0 Å². The molecule has 2 aromatic heterocycles. The molecule has 126 valence electrons. The highest BCUT2D eigenvalue weighted by Gasteiger charge is 2.17. The van der Waals surface area contributed by atoms with Crippen molar-refractivity contribution in [2.24, 2.45) is 0 Å². The quantitative estimate of drug-likeness (QED) is 0.554. The third-order valence-corrected chi connectivity index (χ3v) is 4.73. The predicted molar refractivity (Wildman–Crippen MR) is 104 cm³/mol. The Balaban J connectivity index is 2.68. The van der Waals surface area contributed by atoms with Crippen LogP contribution in [0.1, 0.15) is 70.5 Å². The third kappa shape index (κ3) is 3.48. The van der Waals surface area contributed by atoms with Crippen molar-refractivity contribution in [1.29, 1.82) is 0 Å². The van der Waals surface area contributed by atoms with Gasteiger partial charge in [0.15, 0.2) is 5.65 Å². The highest BCUT2D eigenvalue weighted by atomic mass is 15.1. The lowest BCUT2D eigenvalue weighted by Gasteiger charge is -2.16. The van der Waals surface area contributed by atoms with E-state index in [-0.39, 0.29) is 0 Å². The standard InChI is InChI=1S/C20H28BN3/c1-8-17(9-2)24-11-13(4)18-20(24)22-16(7)19(23-18)15(6)12(3)10-14(5)21/h10-11,17H,8-9H2,1-7H3/b14-10+,15-12+. The van der Waals surface area contributed by atoms with Crippen molar-refractivity contribution in [3.05, 3.63) is 40.3 Å². The van der Waals surface area contributed by atoms with Crippen LogP contribution in [0, 0.1) is 13.8 Å². The van der Waals surface area contributed by atoms with Crippen molar-refractivity contribution in [2.75, 3.05) is 0 Å². The van der Waals surface area contributed by atoms with E-state index >= 15 is 0 Å². The maximum Gasteiger partial charge on any atom is 0.159 e. The predicted octanol–water partition coefficient (Wildman–Crippen LogP) is 5.27. The molecule has 2 heterocycles. The molecule has 0 fully saturated rings. The summed E-state index contributed by atoms with van der Waals surface area (Å²) in [5.41, 5.74) is 8.17. The maximum atomic E-state index is 5.82.